The highest BCUT2D eigenvalue weighted by molar-refractivity contribution is 5.85. The van der Waals surface area contributed by atoms with Gasteiger partial charge >= 0.3 is 0 Å². The van der Waals surface area contributed by atoms with Crippen LogP contribution < -0.4 is 5.32 Å². The average molecular weight is 242 g/mol. The van der Waals surface area contributed by atoms with E-state index in [1.54, 1.807) is 0 Å². The maximum absolute atomic E-state index is 4.82. The Balaban J connectivity index is 2.61. The van der Waals surface area contributed by atoms with Crippen LogP contribution in [0.25, 0.3) is 10.9 Å². The van der Waals surface area contributed by atoms with E-state index in [4.69, 9.17) is 4.98 Å². The lowest BCUT2D eigenvalue weighted by molar-refractivity contribution is 0.726. The van der Waals surface area contributed by atoms with E-state index in [0.29, 0.717) is 5.92 Å². The number of fused-ring (bicyclic) bond motifs is 1. The van der Waals surface area contributed by atoms with Gasteiger partial charge in [-0.15, -0.1) is 0 Å². The van der Waals surface area contributed by atoms with Crippen molar-refractivity contribution in [2.75, 3.05) is 6.54 Å². The fourth-order valence-electron chi connectivity index (χ4n) is 2.19. The van der Waals surface area contributed by atoms with Gasteiger partial charge in [0.25, 0.3) is 0 Å². The van der Waals surface area contributed by atoms with Gasteiger partial charge in [-0.05, 0) is 36.6 Å². The molecule has 0 atom stereocenters. The maximum Gasteiger partial charge on any atom is 0.0737 e. The number of rotatable bonds is 4. The van der Waals surface area contributed by atoms with E-state index in [1.807, 2.05) is 0 Å². The van der Waals surface area contributed by atoms with Crippen LogP contribution in [0.1, 0.15) is 43.5 Å². The summed E-state index contributed by atoms with van der Waals surface area (Å²) in [6, 6.07) is 8.67. The maximum atomic E-state index is 4.82. The number of nitrogens with one attached hydrogen (secondary N) is 1. The van der Waals surface area contributed by atoms with Gasteiger partial charge in [0.05, 0.1) is 5.52 Å². The molecule has 2 aromatic rings. The van der Waals surface area contributed by atoms with E-state index >= 15 is 0 Å². The fraction of sp³-hybridized carbons (Fsp3) is 0.438. The third-order valence-electron chi connectivity index (χ3n) is 3.30. The van der Waals surface area contributed by atoms with E-state index in [1.165, 1.54) is 22.2 Å². The van der Waals surface area contributed by atoms with Crippen molar-refractivity contribution in [2.45, 2.75) is 40.2 Å². The molecule has 0 aliphatic heterocycles. The number of pyridine rings is 1. The van der Waals surface area contributed by atoms with Gasteiger partial charge in [0.2, 0.25) is 0 Å². The molecule has 2 heteroatoms. The largest absolute Gasteiger partial charge is 0.313 e. The second-order valence-electron chi connectivity index (χ2n) is 5.11. The van der Waals surface area contributed by atoms with Crippen molar-refractivity contribution in [3.63, 3.8) is 0 Å². The highest BCUT2D eigenvalue weighted by Gasteiger charge is 2.09. The summed E-state index contributed by atoms with van der Waals surface area (Å²) in [7, 11) is 0. The van der Waals surface area contributed by atoms with Crippen molar-refractivity contribution in [1.82, 2.24) is 10.3 Å². The molecule has 0 aliphatic rings. The van der Waals surface area contributed by atoms with E-state index in [2.05, 4.69) is 57.3 Å². The van der Waals surface area contributed by atoms with Crippen LogP contribution in [0.2, 0.25) is 0 Å². The predicted molar refractivity (Wildman–Crippen MR) is 77.9 cm³/mol. The van der Waals surface area contributed by atoms with Gasteiger partial charge in [0.1, 0.15) is 0 Å². The standard InChI is InChI=1S/C16H22N2/c1-5-17-10-13-9-15(11(2)3)18-16-12(4)7-6-8-14(13)16/h6-9,11,17H,5,10H2,1-4H3. The first-order valence-electron chi connectivity index (χ1n) is 6.73. The van der Waals surface area contributed by atoms with Crippen LogP contribution in [0.5, 0.6) is 0 Å². The second kappa shape index (κ2) is 5.49. The minimum atomic E-state index is 0.467. The van der Waals surface area contributed by atoms with Crippen LogP contribution in [0.15, 0.2) is 24.3 Å². The molecule has 1 heterocycles. The molecule has 0 saturated heterocycles. The molecule has 2 rings (SSSR count). The van der Waals surface area contributed by atoms with Crippen LogP contribution in [0, 0.1) is 6.92 Å². The summed E-state index contributed by atoms with van der Waals surface area (Å²) in [6.45, 7) is 10.6. The van der Waals surface area contributed by atoms with Gasteiger partial charge in [0.15, 0.2) is 0 Å². The zero-order valence-electron chi connectivity index (χ0n) is 11.7. The summed E-state index contributed by atoms with van der Waals surface area (Å²) >= 11 is 0. The molecule has 1 aromatic heterocycles. The molecule has 1 aromatic carbocycles. The van der Waals surface area contributed by atoms with E-state index in [9.17, 15) is 0 Å². The number of hydrogen-bond acceptors (Lipinski definition) is 2. The minimum absolute atomic E-state index is 0.467. The molecule has 0 fully saturated rings. The molecule has 0 aliphatic carbocycles. The molecule has 0 amide bonds. The van der Waals surface area contributed by atoms with Crippen molar-refractivity contribution in [3.05, 3.63) is 41.1 Å². The fourth-order valence-corrected chi connectivity index (χ4v) is 2.19. The van der Waals surface area contributed by atoms with Gasteiger partial charge in [-0.2, -0.15) is 0 Å². The number of benzene rings is 1. The Morgan fingerprint density at radius 2 is 2.06 bits per heavy atom. The lowest BCUT2D eigenvalue weighted by Gasteiger charge is -2.13. The minimum Gasteiger partial charge on any atom is -0.313 e. The summed E-state index contributed by atoms with van der Waals surface area (Å²) in [6.07, 6.45) is 0. The average Bonchev–Trinajstić information content (AvgIpc) is 2.36. The Morgan fingerprint density at radius 3 is 2.72 bits per heavy atom. The van der Waals surface area contributed by atoms with Crippen LogP contribution >= 0.6 is 0 Å². The number of para-hydroxylation sites is 1. The summed E-state index contributed by atoms with van der Waals surface area (Å²) in [5, 5.41) is 4.69. The Bertz CT molecular complexity index is 544. The molecule has 1 N–H and O–H groups in total. The Morgan fingerprint density at radius 1 is 1.28 bits per heavy atom. The molecule has 0 spiro atoms. The summed E-state index contributed by atoms with van der Waals surface area (Å²) in [4.78, 5) is 4.82. The number of aryl methyl sites for hydroxylation is 1. The third-order valence-corrected chi connectivity index (χ3v) is 3.30. The normalized spacial score (nSPS) is 11.4. The Hall–Kier alpha value is -1.41. The number of aromatic nitrogens is 1. The summed E-state index contributed by atoms with van der Waals surface area (Å²) in [5.74, 6) is 0.467. The number of hydrogen-bond donors (Lipinski definition) is 1. The van der Waals surface area contributed by atoms with Crippen molar-refractivity contribution in [2.24, 2.45) is 0 Å². The zero-order valence-corrected chi connectivity index (χ0v) is 11.7. The SMILES string of the molecule is CCNCc1cc(C(C)C)nc2c(C)cccc12. The summed E-state index contributed by atoms with van der Waals surface area (Å²) < 4.78 is 0. The molecular formula is C16H22N2. The monoisotopic (exact) mass is 242 g/mol. The lowest BCUT2D eigenvalue weighted by atomic mass is 10.0. The third kappa shape index (κ3) is 2.54. The quantitative estimate of drug-likeness (QED) is 0.882. The molecule has 96 valence electrons. The van der Waals surface area contributed by atoms with Crippen LogP contribution in [-0.4, -0.2) is 11.5 Å². The zero-order chi connectivity index (χ0) is 13.1. The molecular weight excluding hydrogens is 220 g/mol. The van der Waals surface area contributed by atoms with Crippen LogP contribution in [0.3, 0.4) is 0 Å². The highest BCUT2D eigenvalue weighted by Crippen LogP contribution is 2.24. The van der Waals surface area contributed by atoms with Crippen LogP contribution in [0.4, 0.5) is 0 Å². The molecule has 0 saturated carbocycles. The molecule has 0 radical (unpaired) electrons. The first-order chi connectivity index (χ1) is 8.63. The van der Waals surface area contributed by atoms with Gasteiger partial charge in [-0.3, -0.25) is 4.98 Å². The molecule has 18 heavy (non-hydrogen) atoms. The van der Waals surface area contributed by atoms with Crippen molar-refractivity contribution >= 4 is 10.9 Å². The Kier molecular flexibility index (Phi) is 3.97. The van der Waals surface area contributed by atoms with Crippen molar-refractivity contribution in [1.29, 1.82) is 0 Å². The van der Waals surface area contributed by atoms with E-state index in [-0.39, 0.29) is 0 Å². The van der Waals surface area contributed by atoms with Crippen molar-refractivity contribution in [3.8, 4) is 0 Å². The van der Waals surface area contributed by atoms with E-state index in [0.717, 1.165) is 18.6 Å². The molecule has 0 unspecified atom stereocenters. The second-order valence-corrected chi connectivity index (χ2v) is 5.11. The van der Waals surface area contributed by atoms with Crippen LogP contribution in [-0.2, 0) is 6.54 Å². The highest BCUT2D eigenvalue weighted by atomic mass is 14.8. The van der Waals surface area contributed by atoms with E-state index < -0.39 is 0 Å². The van der Waals surface area contributed by atoms with Crippen molar-refractivity contribution < 1.29 is 0 Å². The first kappa shape index (κ1) is 13.0. The lowest BCUT2D eigenvalue weighted by Crippen LogP contribution is -2.13. The van der Waals surface area contributed by atoms with Gasteiger partial charge in [0, 0.05) is 17.6 Å². The smallest absolute Gasteiger partial charge is 0.0737 e. The molecule has 0 bridgehead atoms. The predicted octanol–water partition coefficient (Wildman–Crippen LogP) is 3.78. The molecule has 2 nitrogen and oxygen atoms in total. The van der Waals surface area contributed by atoms with Gasteiger partial charge in [-0.25, -0.2) is 0 Å². The van der Waals surface area contributed by atoms with Gasteiger partial charge in [-0.1, -0.05) is 39.0 Å². The van der Waals surface area contributed by atoms with Gasteiger partial charge < -0.3 is 5.32 Å². The summed E-state index contributed by atoms with van der Waals surface area (Å²) in [5.41, 5.74) is 4.95. The number of nitrogens with zero attached hydrogens (tertiary/aromatic N) is 1. The first-order valence-corrected chi connectivity index (χ1v) is 6.73. The topological polar surface area (TPSA) is 24.9 Å². The Labute approximate surface area is 109 Å².